The molecule has 3 aromatic rings. The van der Waals surface area contributed by atoms with Gasteiger partial charge in [-0.05, 0) is 41.5 Å². The van der Waals surface area contributed by atoms with E-state index >= 15 is 0 Å². The number of benzene rings is 2. The lowest BCUT2D eigenvalue weighted by Crippen LogP contribution is -2.07. The number of halogens is 1. The summed E-state index contributed by atoms with van der Waals surface area (Å²) >= 11 is 0. The minimum atomic E-state index is -0.412. The lowest BCUT2D eigenvalue weighted by Gasteiger charge is -1.98. The summed E-state index contributed by atoms with van der Waals surface area (Å²) in [6.07, 6.45) is 3.32. The molecule has 27 heavy (non-hydrogen) atoms. The first-order chi connectivity index (χ1) is 13.2. The van der Waals surface area contributed by atoms with E-state index in [4.69, 9.17) is 13.9 Å². The van der Waals surface area contributed by atoms with Crippen LogP contribution in [0.2, 0.25) is 0 Å². The Bertz CT molecular complexity index is 998. The summed E-state index contributed by atoms with van der Waals surface area (Å²) in [6, 6.07) is 11.3. The molecule has 7 nitrogen and oxygen atoms in total. The van der Waals surface area contributed by atoms with E-state index in [0.29, 0.717) is 23.8 Å². The summed E-state index contributed by atoms with van der Waals surface area (Å²) in [5.41, 5.74) is 1.61. The van der Waals surface area contributed by atoms with Gasteiger partial charge in [0, 0.05) is 6.08 Å². The topological polar surface area (TPSA) is 86.5 Å². The molecule has 8 heteroatoms. The quantitative estimate of drug-likeness (QED) is 0.697. The minimum Gasteiger partial charge on any atom is -0.454 e. The number of carbonyl (C=O) groups excluding carboxylic acids is 1. The van der Waals surface area contributed by atoms with Gasteiger partial charge in [0.15, 0.2) is 11.5 Å². The Hall–Kier alpha value is -3.68. The fraction of sp³-hybridized carbons (Fsp3) is 0.105. The fourth-order valence-electron chi connectivity index (χ4n) is 2.49. The zero-order chi connectivity index (χ0) is 18.6. The highest BCUT2D eigenvalue weighted by Gasteiger charge is 2.13. The molecule has 2 heterocycles. The molecule has 1 amide bonds. The van der Waals surface area contributed by atoms with Gasteiger partial charge in [0.2, 0.25) is 12.7 Å². The zero-order valence-electron chi connectivity index (χ0n) is 14.0. The molecule has 0 atom stereocenters. The van der Waals surface area contributed by atoms with Crippen molar-refractivity contribution in [1.82, 2.24) is 10.2 Å². The van der Waals surface area contributed by atoms with Crippen molar-refractivity contribution in [3.05, 3.63) is 71.4 Å². The summed E-state index contributed by atoms with van der Waals surface area (Å²) in [5.74, 6) is 0.906. The van der Waals surface area contributed by atoms with Crippen molar-refractivity contribution in [1.29, 1.82) is 0 Å². The standard InChI is InChI=1S/C19H14FN3O4/c20-14-5-1-13(2-6-14)10-18-22-23-19(27-18)21-17(24)8-4-12-3-7-15-16(9-12)26-11-25-15/h1-9H,10-11H2,(H,21,23,24). The summed E-state index contributed by atoms with van der Waals surface area (Å²) in [6.45, 7) is 0.195. The molecule has 136 valence electrons. The number of nitrogens with one attached hydrogen (secondary N) is 1. The second-order valence-electron chi connectivity index (χ2n) is 5.74. The summed E-state index contributed by atoms with van der Waals surface area (Å²) in [5, 5.41) is 10.1. The van der Waals surface area contributed by atoms with Crippen molar-refractivity contribution in [3.63, 3.8) is 0 Å². The van der Waals surface area contributed by atoms with Crippen molar-refractivity contribution >= 4 is 18.0 Å². The van der Waals surface area contributed by atoms with Crippen LogP contribution in [0.5, 0.6) is 11.5 Å². The van der Waals surface area contributed by atoms with E-state index in [2.05, 4.69) is 15.5 Å². The van der Waals surface area contributed by atoms with Crippen LogP contribution >= 0.6 is 0 Å². The maximum Gasteiger partial charge on any atom is 0.322 e. The van der Waals surface area contributed by atoms with Gasteiger partial charge in [-0.2, -0.15) is 0 Å². The number of rotatable bonds is 5. The largest absolute Gasteiger partial charge is 0.454 e. The average molecular weight is 367 g/mol. The molecule has 1 aromatic heterocycles. The molecule has 0 bridgehead atoms. The molecule has 4 rings (SSSR count). The fourth-order valence-corrected chi connectivity index (χ4v) is 2.49. The number of amides is 1. The van der Waals surface area contributed by atoms with Crippen LogP contribution in [0.3, 0.4) is 0 Å². The SMILES string of the molecule is O=C(C=Cc1ccc2c(c1)OCO2)Nc1nnc(Cc2ccc(F)cc2)o1. The Morgan fingerprint density at radius 2 is 1.93 bits per heavy atom. The molecule has 2 aromatic carbocycles. The van der Waals surface area contributed by atoms with Gasteiger partial charge in [-0.15, -0.1) is 5.10 Å². The minimum absolute atomic E-state index is 0.00699. The molecular formula is C19H14FN3O4. The third-order valence-electron chi connectivity index (χ3n) is 3.79. The number of anilines is 1. The molecule has 1 aliphatic heterocycles. The number of hydrogen-bond acceptors (Lipinski definition) is 6. The molecular weight excluding hydrogens is 353 g/mol. The second-order valence-corrected chi connectivity index (χ2v) is 5.74. The first-order valence-electron chi connectivity index (χ1n) is 8.11. The van der Waals surface area contributed by atoms with Crippen LogP contribution < -0.4 is 14.8 Å². The van der Waals surface area contributed by atoms with Gasteiger partial charge in [-0.3, -0.25) is 10.1 Å². The van der Waals surface area contributed by atoms with E-state index in [0.717, 1.165) is 11.1 Å². The number of carbonyl (C=O) groups is 1. The van der Waals surface area contributed by atoms with E-state index in [1.807, 2.05) is 6.07 Å². The first kappa shape index (κ1) is 16.8. The van der Waals surface area contributed by atoms with Crippen molar-refractivity contribution in [2.45, 2.75) is 6.42 Å². The zero-order valence-corrected chi connectivity index (χ0v) is 14.0. The molecule has 0 aliphatic carbocycles. The number of ether oxygens (including phenoxy) is 2. The highest BCUT2D eigenvalue weighted by molar-refractivity contribution is 6.00. The van der Waals surface area contributed by atoms with Gasteiger partial charge >= 0.3 is 6.01 Å². The van der Waals surface area contributed by atoms with Gasteiger partial charge in [0.05, 0.1) is 6.42 Å². The number of aromatic nitrogens is 2. The molecule has 1 N–H and O–H groups in total. The predicted molar refractivity (Wildman–Crippen MR) is 93.7 cm³/mol. The van der Waals surface area contributed by atoms with Gasteiger partial charge in [0.1, 0.15) is 5.82 Å². The van der Waals surface area contributed by atoms with Crippen LogP contribution in [-0.2, 0) is 11.2 Å². The third-order valence-corrected chi connectivity index (χ3v) is 3.79. The van der Waals surface area contributed by atoms with Crippen LogP contribution in [0.4, 0.5) is 10.4 Å². The smallest absolute Gasteiger partial charge is 0.322 e. The Morgan fingerprint density at radius 3 is 2.78 bits per heavy atom. The molecule has 0 saturated carbocycles. The van der Waals surface area contributed by atoms with Crippen molar-refractivity contribution in [2.24, 2.45) is 0 Å². The van der Waals surface area contributed by atoms with E-state index in [9.17, 15) is 9.18 Å². The normalized spacial score (nSPS) is 12.5. The van der Waals surface area contributed by atoms with Crippen LogP contribution in [0.15, 0.2) is 53.0 Å². The van der Waals surface area contributed by atoms with Crippen molar-refractivity contribution < 1.29 is 23.1 Å². The van der Waals surface area contributed by atoms with E-state index in [1.54, 1.807) is 30.3 Å². The van der Waals surface area contributed by atoms with Crippen LogP contribution in [0.1, 0.15) is 17.0 Å². The lowest BCUT2D eigenvalue weighted by atomic mass is 10.1. The van der Waals surface area contributed by atoms with Gasteiger partial charge < -0.3 is 13.9 Å². The Balaban J connectivity index is 1.35. The summed E-state index contributed by atoms with van der Waals surface area (Å²) in [7, 11) is 0. The number of nitrogens with zero attached hydrogens (tertiary/aromatic N) is 2. The molecule has 0 radical (unpaired) electrons. The van der Waals surface area contributed by atoms with Gasteiger partial charge in [-0.1, -0.05) is 23.3 Å². The van der Waals surface area contributed by atoms with Gasteiger partial charge in [0.25, 0.3) is 5.91 Å². The maximum absolute atomic E-state index is 12.9. The van der Waals surface area contributed by atoms with Crippen molar-refractivity contribution in [3.8, 4) is 11.5 Å². The van der Waals surface area contributed by atoms with Crippen LogP contribution in [-0.4, -0.2) is 22.9 Å². The predicted octanol–water partition coefficient (Wildman–Crippen LogP) is 3.18. The Kier molecular flexibility index (Phi) is 4.52. The maximum atomic E-state index is 12.9. The second kappa shape index (κ2) is 7.28. The summed E-state index contributed by atoms with van der Waals surface area (Å²) < 4.78 is 28.8. The van der Waals surface area contributed by atoms with E-state index in [1.165, 1.54) is 18.2 Å². The number of fused-ring (bicyclic) bond motifs is 1. The molecule has 0 spiro atoms. The monoisotopic (exact) mass is 367 g/mol. The van der Waals surface area contributed by atoms with E-state index in [-0.39, 0.29) is 18.6 Å². The highest BCUT2D eigenvalue weighted by Crippen LogP contribution is 2.32. The lowest BCUT2D eigenvalue weighted by molar-refractivity contribution is -0.112. The molecule has 0 saturated heterocycles. The van der Waals surface area contributed by atoms with Crippen LogP contribution in [0.25, 0.3) is 6.08 Å². The molecule has 1 aliphatic rings. The summed E-state index contributed by atoms with van der Waals surface area (Å²) in [4.78, 5) is 12.0. The van der Waals surface area contributed by atoms with Crippen LogP contribution in [0, 0.1) is 5.82 Å². The third kappa shape index (κ3) is 4.12. The van der Waals surface area contributed by atoms with E-state index < -0.39 is 5.91 Å². The van der Waals surface area contributed by atoms with Crippen molar-refractivity contribution in [2.75, 3.05) is 12.1 Å². The Labute approximate surface area is 153 Å². The number of hydrogen-bond donors (Lipinski definition) is 1. The average Bonchev–Trinajstić information content (AvgIpc) is 3.30. The first-order valence-corrected chi connectivity index (χ1v) is 8.11. The molecule has 0 unspecified atom stereocenters. The highest BCUT2D eigenvalue weighted by atomic mass is 19.1. The Morgan fingerprint density at radius 1 is 1.11 bits per heavy atom. The molecule has 0 fully saturated rings. The van der Waals surface area contributed by atoms with Gasteiger partial charge in [-0.25, -0.2) is 4.39 Å².